The Morgan fingerprint density at radius 2 is 2.30 bits per heavy atom. The average molecular weight is 140 g/mol. The van der Waals surface area contributed by atoms with Gasteiger partial charge in [0, 0.05) is 0 Å². The highest BCUT2D eigenvalue weighted by Gasteiger charge is 2.10. The first kappa shape index (κ1) is 5.16. The zero-order valence-corrected chi connectivity index (χ0v) is 4.85. The number of hydrogen-bond donors (Lipinski definition) is 2. The fourth-order valence-corrected chi connectivity index (χ4v) is 0.784. The Kier molecular flexibility index (Phi) is 0.743. The summed E-state index contributed by atoms with van der Waals surface area (Å²) in [6.45, 7) is 0. The van der Waals surface area contributed by atoms with Gasteiger partial charge in [-0.15, -0.1) is 0 Å². The van der Waals surface area contributed by atoms with Crippen molar-refractivity contribution in [3.63, 3.8) is 0 Å². The molecule has 2 N–H and O–H groups in total. The van der Waals surface area contributed by atoms with Crippen LogP contribution in [0.15, 0.2) is 17.0 Å². The van der Waals surface area contributed by atoms with Gasteiger partial charge in [0.2, 0.25) is 5.75 Å². The van der Waals surface area contributed by atoms with Crippen molar-refractivity contribution in [3.05, 3.63) is 12.5 Å². The summed E-state index contributed by atoms with van der Waals surface area (Å²) in [6.07, 6.45) is 2.65. The molecule has 0 aliphatic heterocycles. The van der Waals surface area contributed by atoms with E-state index in [-0.39, 0.29) is 17.2 Å². The van der Waals surface area contributed by atoms with Crippen LogP contribution in [0.3, 0.4) is 0 Å². The summed E-state index contributed by atoms with van der Waals surface area (Å²) in [4.78, 5) is 0. The highest BCUT2D eigenvalue weighted by Crippen LogP contribution is 2.30. The molecule has 0 aromatic carbocycles. The first-order chi connectivity index (χ1) is 4.79. The van der Waals surface area contributed by atoms with Gasteiger partial charge in [-0.1, -0.05) is 5.16 Å². The van der Waals surface area contributed by atoms with Crippen LogP contribution in [0, 0.1) is 0 Å². The molecule has 0 radical (unpaired) electrons. The predicted octanol–water partition coefficient (Wildman–Crippen LogP) is 0.338. The monoisotopic (exact) mass is 140 g/mol. The van der Waals surface area contributed by atoms with Crippen LogP contribution in [-0.2, 0) is 0 Å². The molecule has 0 atom stereocenters. The smallest absolute Gasteiger partial charge is 0.281 e. The number of fused-ring (bicyclic) bond motifs is 1. The summed E-state index contributed by atoms with van der Waals surface area (Å²) >= 11 is 0. The van der Waals surface area contributed by atoms with Crippen LogP contribution in [0.2, 0.25) is 0 Å². The Labute approximate surface area is 55.1 Å². The van der Waals surface area contributed by atoms with E-state index >= 15 is 0 Å². The van der Waals surface area contributed by atoms with E-state index < -0.39 is 0 Å². The maximum atomic E-state index is 8.98. The van der Waals surface area contributed by atoms with E-state index in [0.29, 0.717) is 0 Å². The van der Waals surface area contributed by atoms with Crippen LogP contribution < -0.4 is 0 Å². The molecule has 0 spiro atoms. The summed E-state index contributed by atoms with van der Waals surface area (Å²) in [5, 5.41) is 21.2. The highest BCUT2D eigenvalue weighted by atomic mass is 16.5. The van der Waals surface area contributed by atoms with Gasteiger partial charge in [-0.2, -0.15) is 0 Å². The molecule has 5 nitrogen and oxygen atoms in total. The number of nitrogens with zero attached hydrogens (tertiary/aromatic N) is 2. The van der Waals surface area contributed by atoms with Gasteiger partial charge < -0.3 is 14.7 Å². The van der Waals surface area contributed by atoms with Crippen LogP contribution >= 0.6 is 0 Å². The number of rotatable bonds is 0. The third-order valence-corrected chi connectivity index (χ3v) is 1.25. The summed E-state index contributed by atoms with van der Waals surface area (Å²) in [6, 6.07) is 0. The molecule has 2 rings (SSSR count). The lowest BCUT2D eigenvalue weighted by molar-refractivity contribution is 0.390. The molecule has 2 aromatic rings. The number of aromatic nitrogens is 2. The molecule has 2 heterocycles. The van der Waals surface area contributed by atoms with E-state index in [2.05, 4.69) is 9.68 Å². The SMILES string of the molecule is Oc1cn2cnoc2c1O. The normalized spacial score (nSPS) is 10.8. The third kappa shape index (κ3) is 0.439. The first-order valence-corrected chi connectivity index (χ1v) is 2.62. The molecular formula is C5H4N2O3. The lowest BCUT2D eigenvalue weighted by Gasteiger charge is -1.80. The molecule has 0 saturated carbocycles. The second kappa shape index (κ2) is 1.44. The third-order valence-electron chi connectivity index (χ3n) is 1.25. The minimum atomic E-state index is -0.280. The second-order valence-corrected chi connectivity index (χ2v) is 1.89. The van der Waals surface area contributed by atoms with Crippen LogP contribution in [0.25, 0.3) is 5.71 Å². The van der Waals surface area contributed by atoms with Gasteiger partial charge in [0.05, 0.1) is 6.20 Å². The Hall–Kier alpha value is -1.65. The van der Waals surface area contributed by atoms with Gasteiger partial charge in [-0.25, -0.2) is 0 Å². The standard InChI is InChI=1S/C5H4N2O3/c8-3-1-7-2-6-10-5(7)4(3)9/h1-2,8-9H. The van der Waals surface area contributed by atoms with Crippen molar-refractivity contribution in [1.29, 1.82) is 0 Å². The Morgan fingerprint density at radius 3 is 3.00 bits per heavy atom. The average Bonchev–Trinajstić information content (AvgIpc) is 2.41. The van der Waals surface area contributed by atoms with Gasteiger partial charge in [0.15, 0.2) is 5.75 Å². The van der Waals surface area contributed by atoms with Crippen molar-refractivity contribution < 1.29 is 14.7 Å². The first-order valence-electron chi connectivity index (χ1n) is 2.62. The van der Waals surface area contributed by atoms with Gasteiger partial charge in [-0.05, 0) is 0 Å². The minimum Gasteiger partial charge on any atom is -0.503 e. The summed E-state index contributed by atoms with van der Waals surface area (Å²) in [5.74, 6) is -0.487. The van der Waals surface area contributed by atoms with Gasteiger partial charge in [0.25, 0.3) is 5.71 Å². The van der Waals surface area contributed by atoms with E-state index in [9.17, 15) is 0 Å². The van der Waals surface area contributed by atoms with E-state index in [1.165, 1.54) is 16.9 Å². The second-order valence-electron chi connectivity index (χ2n) is 1.89. The molecule has 0 unspecified atom stereocenters. The van der Waals surface area contributed by atoms with E-state index in [0.717, 1.165) is 0 Å². The Bertz CT molecular complexity index is 362. The quantitative estimate of drug-likeness (QED) is 0.553. The summed E-state index contributed by atoms with van der Waals surface area (Å²) in [5.41, 5.74) is 0.150. The molecule has 5 heteroatoms. The molecule has 0 bridgehead atoms. The number of hydrogen-bond acceptors (Lipinski definition) is 4. The molecule has 52 valence electrons. The maximum absolute atomic E-state index is 8.98. The van der Waals surface area contributed by atoms with Gasteiger partial charge in [-0.3, -0.25) is 4.40 Å². The molecule has 2 aromatic heterocycles. The van der Waals surface area contributed by atoms with Crippen LogP contribution in [0.5, 0.6) is 11.5 Å². The van der Waals surface area contributed by atoms with E-state index in [1.807, 2.05) is 0 Å². The minimum absolute atomic E-state index is 0.150. The van der Waals surface area contributed by atoms with E-state index in [1.54, 1.807) is 0 Å². The van der Waals surface area contributed by atoms with Crippen LogP contribution in [0.4, 0.5) is 0 Å². The predicted molar refractivity (Wildman–Crippen MR) is 30.8 cm³/mol. The summed E-state index contributed by atoms with van der Waals surface area (Å²) < 4.78 is 5.95. The zero-order chi connectivity index (χ0) is 7.14. The Balaban J connectivity index is 2.95. The fraction of sp³-hybridized carbons (Fsp3) is 0. The van der Waals surface area contributed by atoms with Crippen molar-refractivity contribution in [2.75, 3.05) is 0 Å². The zero-order valence-electron chi connectivity index (χ0n) is 4.85. The highest BCUT2D eigenvalue weighted by molar-refractivity contribution is 5.58. The molecule has 0 fully saturated rings. The maximum Gasteiger partial charge on any atom is 0.281 e. The molecule has 0 saturated heterocycles. The largest absolute Gasteiger partial charge is 0.503 e. The topological polar surface area (TPSA) is 70.9 Å². The lowest BCUT2D eigenvalue weighted by atomic mass is 10.5. The van der Waals surface area contributed by atoms with E-state index in [4.69, 9.17) is 10.2 Å². The van der Waals surface area contributed by atoms with Gasteiger partial charge >= 0.3 is 0 Å². The molecular weight excluding hydrogens is 136 g/mol. The van der Waals surface area contributed by atoms with Crippen molar-refractivity contribution >= 4 is 5.71 Å². The number of aromatic hydroxyl groups is 2. The summed E-state index contributed by atoms with van der Waals surface area (Å²) in [7, 11) is 0. The fourth-order valence-electron chi connectivity index (χ4n) is 0.784. The van der Waals surface area contributed by atoms with Crippen LogP contribution in [-0.4, -0.2) is 19.8 Å². The van der Waals surface area contributed by atoms with Crippen LogP contribution in [0.1, 0.15) is 0 Å². The van der Waals surface area contributed by atoms with Crippen molar-refractivity contribution in [3.8, 4) is 11.5 Å². The van der Waals surface area contributed by atoms with Crippen molar-refractivity contribution in [2.45, 2.75) is 0 Å². The molecule has 0 aliphatic carbocycles. The van der Waals surface area contributed by atoms with Gasteiger partial charge in [0.1, 0.15) is 6.33 Å². The van der Waals surface area contributed by atoms with Crippen molar-refractivity contribution in [1.82, 2.24) is 9.56 Å². The molecule has 10 heavy (non-hydrogen) atoms. The Morgan fingerprint density at radius 1 is 1.50 bits per heavy atom. The molecule has 0 aliphatic rings. The lowest BCUT2D eigenvalue weighted by Crippen LogP contribution is -1.67. The molecule has 0 amide bonds. The van der Waals surface area contributed by atoms with Crippen molar-refractivity contribution in [2.24, 2.45) is 0 Å².